The van der Waals surface area contributed by atoms with E-state index in [1.54, 1.807) is 0 Å². The Morgan fingerprint density at radius 2 is 1.88 bits per heavy atom. The maximum atomic E-state index is 11.3. The number of nitrogens with two attached hydrogens (primary N) is 1. The van der Waals surface area contributed by atoms with E-state index < -0.39 is 16.1 Å². The molecule has 0 saturated carbocycles. The summed E-state index contributed by atoms with van der Waals surface area (Å²) in [7, 11) is -3.06. The van der Waals surface area contributed by atoms with Crippen LogP contribution in [0.3, 0.4) is 0 Å². The van der Waals surface area contributed by atoms with Crippen molar-refractivity contribution in [2.45, 2.75) is 12.5 Å². The maximum absolute atomic E-state index is 11.3. The van der Waals surface area contributed by atoms with Crippen LogP contribution in [0.15, 0.2) is 0 Å². The summed E-state index contributed by atoms with van der Waals surface area (Å²) in [5.41, 5.74) is 5.35. The van der Waals surface area contributed by atoms with Crippen molar-refractivity contribution in [1.82, 2.24) is 9.21 Å². The Balaban J connectivity index is 2.32. The molecule has 0 aromatic rings. The highest BCUT2D eigenvalue weighted by Crippen LogP contribution is 2.07. The number of aliphatic hydroxyl groups is 1. The van der Waals surface area contributed by atoms with E-state index >= 15 is 0 Å². The molecule has 0 spiro atoms. The van der Waals surface area contributed by atoms with Crippen LogP contribution in [0.5, 0.6) is 0 Å². The number of sulfonamides is 1. The van der Waals surface area contributed by atoms with Gasteiger partial charge in [-0.2, -0.15) is 4.31 Å². The van der Waals surface area contributed by atoms with Gasteiger partial charge in [-0.15, -0.1) is 0 Å². The molecule has 0 aromatic heterocycles. The summed E-state index contributed by atoms with van der Waals surface area (Å²) in [5.74, 6) is 0. The van der Waals surface area contributed by atoms with Crippen molar-refractivity contribution in [2.75, 3.05) is 45.5 Å². The second-order valence-electron chi connectivity index (χ2n) is 4.19. The standard InChI is InChI=1S/C9H21N3O3S/c1-16(14,15)12-6-4-11(5-7-12)8-9(13)2-3-10/h9,13H,2-8,10H2,1H3. The lowest BCUT2D eigenvalue weighted by Gasteiger charge is -2.34. The average molecular weight is 251 g/mol. The van der Waals surface area contributed by atoms with Gasteiger partial charge in [-0.3, -0.25) is 4.90 Å². The lowest BCUT2D eigenvalue weighted by molar-refractivity contribution is 0.0882. The smallest absolute Gasteiger partial charge is 0.211 e. The van der Waals surface area contributed by atoms with Crippen LogP contribution in [0.25, 0.3) is 0 Å². The van der Waals surface area contributed by atoms with Crippen molar-refractivity contribution < 1.29 is 13.5 Å². The fourth-order valence-electron chi connectivity index (χ4n) is 1.83. The van der Waals surface area contributed by atoms with Crippen molar-refractivity contribution in [2.24, 2.45) is 5.73 Å². The third kappa shape index (κ3) is 4.34. The van der Waals surface area contributed by atoms with Crippen LogP contribution >= 0.6 is 0 Å². The Bertz CT molecular complexity index is 299. The minimum atomic E-state index is -3.06. The van der Waals surface area contributed by atoms with Gasteiger partial charge < -0.3 is 10.8 Å². The highest BCUT2D eigenvalue weighted by Gasteiger charge is 2.24. The molecule has 1 unspecified atom stereocenters. The largest absolute Gasteiger partial charge is 0.392 e. The van der Waals surface area contributed by atoms with Crippen LogP contribution in [0, 0.1) is 0 Å². The first kappa shape index (κ1) is 13.9. The van der Waals surface area contributed by atoms with Crippen molar-refractivity contribution in [1.29, 1.82) is 0 Å². The number of piperazine rings is 1. The van der Waals surface area contributed by atoms with Gasteiger partial charge in [0.05, 0.1) is 12.4 Å². The molecule has 0 radical (unpaired) electrons. The number of rotatable bonds is 5. The van der Waals surface area contributed by atoms with Crippen LogP contribution in [0.1, 0.15) is 6.42 Å². The highest BCUT2D eigenvalue weighted by molar-refractivity contribution is 7.88. The average Bonchev–Trinajstić information content (AvgIpc) is 2.17. The van der Waals surface area contributed by atoms with E-state index in [0.717, 1.165) is 0 Å². The molecule has 0 aliphatic carbocycles. The lowest BCUT2D eigenvalue weighted by Crippen LogP contribution is -2.50. The molecule has 6 nitrogen and oxygen atoms in total. The Kier molecular flexibility index (Phi) is 5.13. The Morgan fingerprint density at radius 1 is 1.31 bits per heavy atom. The van der Waals surface area contributed by atoms with E-state index in [4.69, 9.17) is 5.73 Å². The predicted octanol–water partition coefficient (Wildman–Crippen LogP) is -1.73. The molecule has 1 aliphatic rings. The molecule has 3 N–H and O–H groups in total. The van der Waals surface area contributed by atoms with Crippen molar-refractivity contribution in [3.8, 4) is 0 Å². The Morgan fingerprint density at radius 3 is 2.31 bits per heavy atom. The predicted molar refractivity (Wildman–Crippen MR) is 62.5 cm³/mol. The minimum Gasteiger partial charge on any atom is -0.392 e. The number of hydrogen-bond acceptors (Lipinski definition) is 5. The van der Waals surface area contributed by atoms with Crippen LogP contribution in [0.2, 0.25) is 0 Å². The van der Waals surface area contributed by atoms with Crippen molar-refractivity contribution in [3.63, 3.8) is 0 Å². The molecular formula is C9H21N3O3S. The fraction of sp³-hybridized carbons (Fsp3) is 1.00. The summed E-state index contributed by atoms with van der Waals surface area (Å²) >= 11 is 0. The van der Waals surface area contributed by atoms with Gasteiger partial charge in [0.1, 0.15) is 0 Å². The second-order valence-corrected chi connectivity index (χ2v) is 6.18. The topological polar surface area (TPSA) is 86.9 Å². The third-order valence-electron chi connectivity index (χ3n) is 2.77. The van der Waals surface area contributed by atoms with Gasteiger partial charge >= 0.3 is 0 Å². The molecule has 96 valence electrons. The van der Waals surface area contributed by atoms with E-state index in [1.165, 1.54) is 10.6 Å². The summed E-state index contributed by atoms with van der Waals surface area (Å²) in [5, 5.41) is 9.57. The summed E-state index contributed by atoms with van der Waals surface area (Å²) in [6.07, 6.45) is 1.41. The molecule has 0 aromatic carbocycles. The monoisotopic (exact) mass is 251 g/mol. The van der Waals surface area contributed by atoms with Crippen molar-refractivity contribution >= 4 is 10.0 Å². The lowest BCUT2D eigenvalue weighted by atomic mass is 10.2. The molecule has 1 aliphatic heterocycles. The normalized spacial score (nSPS) is 22.2. The Labute approximate surface area is 97.1 Å². The molecule has 1 heterocycles. The molecular weight excluding hydrogens is 230 g/mol. The SMILES string of the molecule is CS(=O)(=O)N1CCN(CC(O)CCN)CC1. The van der Waals surface area contributed by atoms with Gasteiger partial charge in [0.25, 0.3) is 0 Å². The van der Waals surface area contributed by atoms with Gasteiger partial charge in [-0.25, -0.2) is 8.42 Å². The van der Waals surface area contributed by atoms with E-state index in [0.29, 0.717) is 45.7 Å². The zero-order chi connectivity index (χ0) is 12.2. The van der Waals surface area contributed by atoms with Crippen LogP contribution in [-0.4, -0.2) is 74.4 Å². The highest BCUT2D eigenvalue weighted by atomic mass is 32.2. The molecule has 0 bridgehead atoms. The number of aliphatic hydroxyl groups excluding tert-OH is 1. The van der Waals surface area contributed by atoms with Gasteiger partial charge in [-0.05, 0) is 13.0 Å². The van der Waals surface area contributed by atoms with Gasteiger partial charge in [0.15, 0.2) is 0 Å². The molecule has 1 fully saturated rings. The summed E-state index contributed by atoms with van der Waals surface area (Å²) < 4.78 is 24.0. The Hall–Kier alpha value is -0.210. The molecule has 1 atom stereocenters. The molecule has 16 heavy (non-hydrogen) atoms. The molecule has 7 heteroatoms. The fourth-order valence-corrected chi connectivity index (χ4v) is 2.65. The van der Waals surface area contributed by atoms with E-state index in [2.05, 4.69) is 4.90 Å². The maximum Gasteiger partial charge on any atom is 0.211 e. The first-order valence-corrected chi connectivity index (χ1v) is 7.34. The van der Waals surface area contributed by atoms with E-state index in [-0.39, 0.29) is 0 Å². The van der Waals surface area contributed by atoms with Gasteiger partial charge in [0, 0.05) is 32.7 Å². The van der Waals surface area contributed by atoms with Crippen LogP contribution < -0.4 is 5.73 Å². The quantitative estimate of drug-likeness (QED) is 0.606. The molecule has 0 amide bonds. The zero-order valence-electron chi connectivity index (χ0n) is 9.67. The summed E-state index contributed by atoms with van der Waals surface area (Å²) in [6.45, 7) is 3.42. The van der Waals surface area contributed by atoms with Gasteiger partial charge in [0.2, 0.25) is 10.0 Å². The van der Waals surface area contributed by atoms with Gasteiger partial charge in [-0.1, -0.05) is 0 Å². The van der Waals surface area contributed by atoms with E-state index in [1.807, 2.05) is 0 Å². The second kappa shape index (κ2) is 5.92. The van der Waals surface area contributed by atoms with Crippen LogP contribution in [0.4, 0.5) is 0 Å². The van der Waals surface area contributed by atoms with Crippen molar-refractivity contribution in [3.05, 3.63) is 0 Å². The zero-order valence-corrected chi connectivity index (χ0v) is 10.5. The minimum absolute atomic E-state index is 0.408. The van der Waals surface area contributed by atoms with Crippen LogP contribution in [-0.2, 0) is 10.0 Å². The first-order chi connectivity index (χ1) is 7.43. The first-order valence-electron chi connectivity index (χ1n) is 5.49. The van der Waals surface area contributed by atoms with E-state index in [9.17, 15) is 13.5 Å². The number of hydrogen-bond donors (Lipinski definition) is 2. The number of nitrogens with zero attached hydrogens (tertiary/aromatic N) is 2. The summed E-state index contributed by atoms with van der Waals surface area (Å²) in [6, 6.07) is 0. The third-order valence-corrected chi connectivity index (χ3v) is 4.07. The summed E-state index contributed by atoms with van der Waals surface area (Å²) in [4.78, 5) is 2.07. The number of β-amino-alcohol motifs (C(OH)–C–C–N with tert-alkyl or cyclic N) is 1. The molecule has 1 rings (SSSR count). The molecule has 1 saturated heterocycles.